The first kappa shape index (κ1) is 8.77. The zero-order chi connectivity index (χ0) is 8.81. The van der Waals surface area contributed by atoms with Crippen LogP contribution in [0, 0.1) is 0 Å². The summed E-state index contributed by atoms with van der Waals surface area (Å²) in [5, 5.41) is 3.08. The van der Waals surface area contributed by atoms with Gasteiger partial charge in [0.25, 0.3) is 0 Å². The highest BCUT2D eigenvalue weighted by atomic mass is 16.5. The topological polar surface area (TPSA) is 50.7 Å². The van der Waals surface area contributed by atoms with Crippen LogP contribution in [0.15, 0.2) is 17.6 Å². The molecule has 0 fully saturated rings. The molecule has 0 atom stereocenters. The molecule has 0 saturated carbocycles. The van der Waals surface area contributed by atoms with E-state index in [0.29, 0.717) is 13.0 Å². The van der Waals surface area contributed by atoms with Gasteiger partial charge >= 0.3 is 5.97 Å². The van der Waals surface area contributed by atoms with Crippen LogP contribution in [0.25, 0.3) is 0 Å². The molecule has 0 aromatic rings. The van der Waals surface area contributed by atoms with Gasteiger partial charge in [0.05, 0.1) is 19.0 Å². The van der Waals surface area contributed by atoms with Crippen LogP contribution >= 0.6 is 0 Å². The Kier molecular flexibility index (Phi) is 3.32. The predicted molar refractivity (Wildman–Crippen MR) is 46.1 cm³/mol. The van der Waals surface area contributed by atoms with E-state index in [2.05, 4.69) is 16.9 Å². The molecule has 0 aliphatic carbocycles. The standard InChI is InChI=1S/C8H12N2O2/c1-2-8(11)12-6-3-7-9-4-5-10-7/h2H,1,3-6H2,(H,9,10). The molecule has 1 heterocycles. The predicted octanol–water partition coefficient (Wildman–Crippen LogP) is 0.107. The lowest BCUT2D eigenvalue weighted by molar-refractivity contribution is -0.137. The first-order chi connectivity index (χ1) is 5.83. The second kappa shape index (κ2) is 4.54. The Balaban J connectivity index is 2.09. The molecule has 4 heteroatoms. The summed E-state index contributed by atoms with van der Waals surface area (Å²) in [6.45, 7) is 5.38. The minimum Gasteiger partial charge on any atom is -0.462 e. The molecular weight excluding hydrogens is 156 g/mol. The van der Waals surface area contributed by atoms with Crippen LogP contribution in [-0.4, -0.2) is 31.5 Å². The fourth-order valence-electron chi connectivity index (χ4n) is 0.922. The maximum atomic E-state index is 10.6. The molecule has 0 aromatic heterocycles. The third kappa shape index (κ3) is 2.74. The van der Waals surface area contributed by atoms with Crippen molar-refractivity contribution in [1.82, 2.24) is 5.32 Å². The lowest BCUT2D eigenvalue weighted by Crippen LogP contribution is -2.20. The first-order valence-corrected chi connectivity index (χ1v) is 3.89. The van der Waals surface area contributed by atoms with E-state index in [-0.39, 0.29) is 5.97 Å². The lowest BCUT2D eigenvalue weighted by atomic mass is 10.4. The molecular formula is C8H12N2O2. The van der Waals surface area contributed by atoms with Crippen LogP contribution < -0.4 is 5.32 Å². The molecule has 1 aliphatic heterocycles. The molecule has 0 radical (unpaired) electrons. The molecule has 0 saturated heterocycles. The Morgan fingerprint density at radius 3 is 3.25 bits per heavy atom. The lowest BCUT2D eigenvalue weighted by Gasteiger charge is -2.01. The molecule has 1 rings (SSSR count). The minimum absolute atomic E-state index is 0.372. The minimum atomic E-state index is -0.381. The zero-order valence-electron chi connectivity index (χ0n) is 6.88. The summed E-state index contributed by atoms with van der Waals surface area (Å²) in [5.74, 6) is 0.542. The number of ether oxygens (including phenoxy) is 1. The summed E-state index contributed by atoms with van der Waals surface area (Å²) in [6, 6.07) is 0. The molecule has 0 spiro atoms. The fraction of sp³-hybridized carbons (Fsp3) is 0.500. The van der Waals surface area contributed by atoms with Crippen LogP contribution in [0.3, 0.4) is 0 Å². The fourth-order valence-corrected chi connectivity index (χ4v) is 0.922. The van der Waals surface area contributed by atoms with E-state index in [1.165, 1.54) is 0 Å². The number of hydrogen-bond donors (Lipinski definition) is 1. The second-order valence-corrected chi connectivity index (χ2v) is 2.38. The van der Waals surface area contributed by atoms with Crippen molar-refractivity contribution in [2.24, 2.45) is 4.99 Å². The first-order valence-electron chi connectivity index (χ1n) is 3.89. The maximum Gasteiger partial charge on any atom is 0.330 e. The van der Waals surface area contributed by atoms with Gasteiger partial charge in [-0.3, -0.25) is 4.99 Å². The number of esters is 1. The van der Waals surface area contributed by atoms with Gasteiger partial charge in [-0.25, -0.2) is 4.79 Å². The second-order valence-electron chi connectivity index (χ2n) is 2.38. The Hall–Kier alpha value is -1.32. The van der Waals surface area contributed by atoms with Crippen molar-refractivity contribution >= 4 is 11.8 Å². The normalized spacial score (nSPS) is 14.8. The smallest absolute Gasteiger partial charge is 0.330 e. The van der Waals surface area contributed by atoms with E-state index in [1.807, 2.05) is 0 Å². The monoisotopic (exact) mass is 168 g/mol. The van der Waals surface area contributed by atoms with E-state index in [1.54, 1.807) is 0 Å². The SMILES string of the molecule is C=CC(=O)OCCC1=NCCN1. The van der Waals surface area contributed by atoms with Gasteiger partial charge in [-0.15, -0.1) is 0 Å². The number of nitrogens with one attached hydrogen (secondary N) is 1. The van der Waals surface area contributed by atoms with E-state index in [9.17, 15) is 4.79 Å². The summed E-state index contributed by atoms with van der Waals surface area (Å²) in [7, 11) is 0. The summed E-state index contributed by atoms with van der Waals surface area (Å²) in [6.07, 6.45) is 1.82. The molecule has 0 amide bonds. The Morgan fingerprint density at radius 1 is 1.83 bits per heavy atom. The molecule has 66 valence electrons. The number of aliphatic imine (C=N–C) groups is 1. The van der Waals surface area contributed by atoms with Gasteiger partial charge in [0.15, 0.2) is 0 Å². The van der Waals surface area contributed by atoms with Crippen molar-refractivity contribution in [2.45, 2.75) is 6.42 Å². The van der Waals surface area contributed by atoms with E-state index >= 15 is 0 Å². The Morgan fingerprint density at radius 2 is 2.67 bits per heavy atom. The average molecular weight is 168 g/mol. The quantitative estimate of drug-likeness (QED) is 0.478. The zero-order valence-corrected chi connectivity index (χ0v) is 6.88. The van der Waals surface area contributed by atoms with Gasteiger partial charge < -0.3 is 10.1 Å². The summed E-state index contributed by atoms with van der Waals surface area (Å²) >= 11 is 0. The molecule has 0 bridgehead atoms. The van der Waals surface area contributed by atoms with Gasteiger partial charge in [-0.1, -0.05) is 6.58 Å². The van der Waals surface area contributed by atoms with Crippen LogP contribution in [0.1, 0.15) is 6.42 Å². The van der Waals surface area contributed by atoms with Crippen molar-refractivity contribution in [1.29, 1.82) is 0 Å². The van der Waals surface area contributed by atoms with Crippen molar-refractivity contribution in [3.63, 3.8) is 0 Å². The molecule has 1 aliphatic rings. The number of nitrogens with zero attached hydrogens (tertiary/aromatic N) is 1. The van der Waals surface area contributed by atoms with Gasteiger partial charge in [-0.2, -0.15) is 0 Å². The molecule has 1 N–H and O–H groups in total. The van der Waals surface area contributed by atoms with Crippen molar-refractivity contribution in [3.8, 4) is 0 Å². The largest absolute Gasteiger partial charge is 0.462 e. The van der Waals surface area contributed by atoms with E-state index in [0.717, 1.165) is 25.0 Å². The van der Waals surface area contributed by atoms with Crippen molar-refractivity contribution in [3.05, 3.63) is 12.7 Å². The number of rotatable bonds is 4. The average Bonchev–Trinajstić information content (AvgIpc) is 2.57. The third-order valence-electron chi connectivity index (χ3n) is 1.49. The van der Waals surface area contributed by atoms with E-state index < -0.39 is 0 Å². The van der Waals surface area contributed by atoms with Crippen LogP contribution in [0.2, 0.25) is 0 Å². The van der Waals surface area contributed by atoms with Gasteiger partial charge in [0, 0.05) is 19.0 Å². The van der Waals surface area contributed by atoms with E-state index in [4.69, 9.17) is 4.74 Å². The maximum absolute atomic E-state index is 10.6. The highest BCUT2D eigenvalue weighted by molar-refractivity contribution is 5.84. The Bertz CT molecular complexity index is 211. The molecule has 12 heavy (non-hydrogen) atoms. The highest BCUT2D eigenvalue weighted by Gasteiger charge is 2.04. The van der Waals surface area contributed by atoms with Crippen LogP contribution in [0.5, 0.6) is 0 Å². The van der Waals surface area contributed by atoms with Crippen LogP contribution in [-0.2, 0) is 9.53 Å². The van der Waals surface area contributed by atoms with Gasteiger partial charge in [0.1, 0.15) is 0 Å². The number of carbonyl (C=O) groups excluding carboxylic acids is 1. The number of hydrogen-bond acceptors (Lipinski definition) is 4. The van der Waals surface area contributed by atoms with Crippen molar-refractivity contribution < 1.29 is 9.53 Å². The molecule has 4 nitrogen and oxygen atoms in total. The van der Waals surface area contributed by atoms with Crippen LogP contribution in [0.4, 0.5) is 0 Å². The number of amidine groups is 1. The van der Waals surface area contributed by atoms with Gasteiger partial charge in [-0.05, 0) is 0 Å². The summed E-state index contributed by atoms with van der Waals surface area (Å²) < 4.78 is 4.78. The molecule has 0 unspecified atom stereocenters. The van der Waals surface area contributed by atoms with Crippen molar-refractivity contribution in [2.75, 3.05) is 19.7 Å². The number of carbonyl (C=O) groups is 1. The Labute approximate surface area is 71.3 Å². The summed E-state index contributed by atoms with van der Waals surface area (Å²) in [5.41, 5.74) is 0. The highest BCUT2D eigenvalue weighted by Crippen LogP contribution is 1.92. The summed E-state index contributed by atoms with van der Waals surface area (Å²) in [4.78, 5) is 14.7. The van der Waals surface area contributed by atoms with Gasteiger partial charge in [0.2, 0.25) is 0 Å². The molecule has 0 aromatic carbocycles. The third-order valence-corrected chi connectivity index (χ3v) is 1.49.